The molecule has 0 bridgehead atoms. The minimum Gasteiger partial charge on any atom is -0.303 e. The molecule has 12 N–H and O–H groups in total. The summed E-state index contributed by atoms with van der Waals surface area (Å²) in [5, 5.41) is 0. The van der Waals surface area contributed by atoms with E-state index in [0.717, 1.165) is 0 Å². The molecule has 1 heterocycles. The summed E-state index contributed by atoms with van der Waals surface area (Å²) in [6, 6.07) is 1.78. The van der Waals surface area contributed by atoms with Crippen molar-refractivity contribution < 1.29 is 77.0 Å². The summed E-state index contributed by atoms with van der Waals surface area (Å²) in [6.45, 7) is 0. The molecule has 0 fully saturated rings. The predicted octanol–water partition coefficient (Wildman–Crippen LogP) is -3.24. The summed E-state index contributed by atoms with van der Waals surface area (Å²) in [5.41, 5.74) is 0. The molecule has 158 valence electrons. The zero-order chi connectivity index (χ0) is 22.2. The Labute approximate surface area is 144 Å². The number of hydrogen-bond donors (Lipinski definition) is 12. The second-order valence-electron chi connectivity index (χ2n) is 2.96. The number of rotatable bonds is 0. The lowest BCUT2D eigenvalue weighted by Crippen LogP contribution is -1.66. The van der Waals surface area contributed by atoms with Gasteiger partial charge in [-0.2, -0.15) is 0 Å². The van der Waals surface area contributed by atoms with Crippen LogP contribution in [-0.2, 0) is 18.3 Å². The van der Waals surface area contributed by atoms with Crippen molar-refractivity contribution in [2.24, 2.45) is 0 Å². The SMILES string of the molecule is O=P(O)(O)O.O=P(O)(O)O.O=P(O)(O)O.O=P(O)(O)O.c1cncnc1. The standard InChI is InChI=1S/C4H4N2.4H3O4P/c1-2-5-4-6-3-1;4*1-5(2,3)4/h1-4H;4*(H3,1,2,3,4). The van der Waals surface area contributed by atoms with Gasteiger partial charge in [0.2, 0.25) is 0 Å². The van der Waals surface area contributed by atoms with E-state index in [2.05, 4.69) is 9.97 Å². The van der Waals surface area contributed by atoms with Crippen LogP contribution < -0.4 is 0 Å². The van der Waals surface area contributed by atoms with Gasteiger partial charge in [0.25, 0.3) is 0 Å². The lowest BCUT2D eigenvalue weighted by Gasteiger charge is -1.82. The molecule has 1 aromatic heterocycles. The fraction of sp³-hybridized carbons (Fsp3) is 0. The van der Waals surface area contributed by atoms with Crippen LogP contribution in [0.15, 0.2) is 24.8 Å². The van der Waals surface area contributed by atoms with Crippen LogP contribution in [0.4, 0.5) is 0 Å². The Morgan fingerprint density at radius 3 is 0.654 bits per heavy atom. The van der Waals surface area contributed by atoms with Crippen LogP contribution in [0.2, 0.25) is 0 Å². The first-order valence-electron chi connectivity index (χ1n) is 4.83. The minimum absolute atomic E-state index is 1.50. The zero-order valence-corrected chi connectivity index (χ0v) is 15.6. The van der Waals surface area contributed by atoms with E-state index in [1.807, 2.05) is 0 Å². The summed E-state index contributed by atoms with van der Waals surface area (Å²) in [5.74, 6) is 0. The second kappa shape index (κ2) is 15.6. The zero-order valence-electron chi connectivity index (χ0n) is 12.0. The number of phosphoric acid groups is 4. The average molecular weight is 472 g/mol. The van der Waals surface area contributed by atoms with E-state index in [4.69, 9.17) is 77.0 Å². The molecule has 0 unspecified atom stereocenters. The Morgan fingerprint density at radius 1 is 0.462 bits per heavy atom. The Bertz CT molecular complexity index is 473. The van der Waals surface area contributed by atoms with E-state index in [0.29, 0.717) is 0 Å². The van der Waals surface area contributed by atoms with E-state index < -0.39 is 31.3 Å². The Morgan fingerprint density at radius 2 is 0.615 bits per heavy atom. The molecule has 0 saturated heterocycles. The van der Waals surface area contributed by atoms with Crippen molar-refractivity contribution >= 4 is 31.3 Å². The van der Waals surface area contributed by atoms with E-state index in [9.17, 15) is 0 Å². The molecule has 0 atom stereocenters. The normalized spacial score (nSPS) is 10.9. The van der Waals surface area contributed by atoms with E-state index in [1.54, 1.807) is 18.5 Å². The molecule has 0 aliphatic rings. The highest BCUT2D eigenvalue weighted by Gasteiger charge is 2.01. The fourth-order valence-electron chi connectivity index (χ4n) is 0.253. The summed E-state index contributed by atoms with van der Waals surface area (Å²) in [6.07, 6.45) is 4.88. The van der Waals surface area contributed by atoms with Crippen LogP contribution in [0.1, 0.15) is 0 Å². The number of aromatic nitrogens is 2. The summed E-state index contributed by atoms with van der Waals surface area (Å²) in [7, 11) is -18.6. The van der Waals surface area contributed by atoms with Gasteiger partial charge in [-0.3, -0.25) is 0 Å². The van der Waals surface area contributed by atoms with Crippen LogP contribution in [0.3, 0.4) is 0 Å². The molecule has 18 nitrogen and oxygen atoms in total. The molecule has 0 amide bonds. The third-order valence-electron chi connectivity index (χ3n) is 0.478. The van der Waals surface area contributed by atoms with Crippen molar-refractivity contribution in [3.8, 4) is 0 Å². The molecular weight excluding hydrogens is 456 g/mol. The Balaban J connectivity index is -0.000000117. The summed E-state index contributed by atoms with van der Waals surface area (Å²) < 4.78 is 35.5. The first kappa shape index (κ1) is 33.1. The second-order valence-corrected chi connectivity index (χ2v) is 7.06. The van der Waals surface area contributed by atoms with Gasteiger partial charge < -0.3 is 58.7 Å². The molecule has 0 aliphatic heterocycles. The topological polar surface area (TPSA) is 337 Å². The highest BCUT2D eigenvalue weighted by Crippen LogP contribution is 2.27. The van der Waals surface area contributed by atoms with Crippen molar-refractivity contribution in [1.82, 2.24) is 9.97 Å². The highest BCUT2D eigenvalue weighted by atomic mass is 31.2. The van der Waals surface area contributed by atoms with Gasteiger partial charge in [-0.15, -0.1) is 0 Å². The van der Waals surface area contributed by atoms with Gasteiger partial charge in [-0.25, -0.2) is 28.2 Å². The monoisotopic (exact) mass is 472 g/mol. The van der Waals surface area contributed by atoms with Gasteiger partial charge in [0, 0.05) is 12.4 Å². The van der Waals surface area contributed by atoms with Crippen molar-refractivity contribution in [1.29, 1.82) is 0 Å². The molecule has 0 saturated carbocycles. The van der Waals surface area contributed by atoms with Crippen LogP contribution in [0.25, 0.3) is 0 Å². The van der Waals surface area contributed by atoms with E-state index in [-0.39, 0.29) is 0 Å². The smallest absolute Gasteiger partial charge is 0.303 e. The maximum absolute atomic E-state index is 8.88. The van der Waals surface area contributed by atoms with Gasteiger partial charge >= 0.3 is 31.3 Å². The predicted molar refractivity (Wildman–Crippen MR) is 79.1 cm³/mol. The quantitative estimate of drug-likeness (QED) is 0.165. The third kappa shape index (κ3) is 391. The average Bonchev–Trinajstić information content (AvgIpc) is 2.21. The lowest BCUT2D eigenvalue weighted by molar-refractivity contribution is 0.272. The van der Waals surface area contributed by atoms with Crippen molar-refractivity contribution in [3.63, 3.8) is 0 Å². The molecule has 0 spiro atoms. The molecular formula is C4H16N2O16P4. The van der Waals surface area contributed by atoms with Crippen LogP contribution >= 0.6 is 31.3 Å². The van der Waals surface area contributed by atoms with Gasteiger partial charge in [0.05, 0.1) is 0 Å². The van der Waals surface area contributed by atoms with Crippen molar-refractivity contribution in [2.75, 3.05) is 0 Å². The maximum Gasteiger partial charge on any atom is 0.466 e. The Kier molecular flexibility index (Phi) is 19.8. The summed E-state index contributed by atoms with van der Waals surface area (Å²) in [4.78, 5) is 93.6. The number of hydrogen-bond acceptors (Lipinski definition) is 6. The first-order valence-corrected chi connectivity index (χ1v) is 11.1. The minimum atomic E-state index is -4.64. The van der Waals surface area contributed by atoms with Crippen LogP contribution in [-0.4, -0.2) is 68.7 Å². The molecule has 26 heavy (non-hydrogen) atoms. The van der Waals surface area contributed by atoms with Gasteiger partial charge in [-0.1, -0.05) is 0 Å². The highest BCUT2D eigenvalue weighted by molar-refractivity contribution is 7.45. The van der Waals surface area contributed by atoms with Crippen molar-refractivity contribution in [3.05, 3.63) is 24.8 Å². The molecule has 0 radical (unpaired) electrons. The number of nitrogens with zero attached hydrogens (tertiary/aromatic N) is 2. The molecule has 0 aromatic carbocycles. The molecule has 22 heteroatoms. The van der Waals surface area contributed by atoms with Crippen LogP contribution in [0, 0.1) is 0 Å². The van der Waals surface area contributed by atoms with Gasteiger partial charge in [-0.05, 0) is 6.07 Å². The van der Waals surface area contributed by atoms with Crippen LogP contribution in [0.5, 0.6) is 0 Å². The molecule has 0 aliphatic carbocycles. The van der Waals surface area contributed by atoms with E-state index in [1.165, 1.54) is 6.33 Å². The molecule has 1 rings (SSSR count). The fourth-order valence-corrected chi connectivity index (χ4v) is 0.253. The molecule has 1 aromatic rings. The van der Waals surface area contributed by atoms with Crippen molar-refractivity contribution in [2.45, 2.75) is 0 Å². The van der Waals surface area contributed by atoms with Gasteiger partial charge in [0.15, 0.2) is 0 Å². The Hall–Kier alpha value is -0.480. The largest absolute Gasteiger partial charge is 0.466 e. The third-order valence-corrected chi connectivity index (χ3v) is 0.478. The van der Waals surface area contributed by atoms with E-state index >= 15 is 0 Å². The lowest BCUT2D eigenvalue weighted by atomic mass is 10.7. The summed E-state index contributed by atoms with van der Waals surface area (Å²) >= 11 is 0. The van der Waals surface area contributed by atoms with Gasteiger partial charge in [0.1, 0.15) is 6.33 Å². The maximum atomic E-state index is 8.88. The first-order chi connectivity index (χ1) is 11.0.